The predicted octanol–water partition coefficient (Wildman–Crippen LogP) is 1.93. The largest absolute Gasteiger partial charge is 0.497 e. The Morgan fingerprint density at radius 1 is 1.31 bits per heavy atom. The van der Waals surface area contributed by atoms with Gasteiger partial charge in [-0.2, -0.15) is 0 Å². The van der Waals surface area contributed by atoms with E-state index in [2.05, 4.69) is 5.32 Å². The molecule has 0 spiro atoms. The van der Waals surface area contributed by atoms with Gasteiger partial charge in [-0.15, -0.1) is 0 Å². The summed E-state index contributed by atoms with van der Waals surface area (Å²) in [6.45, 7) is 0.799. The van der Waals surface area contributed by atoms with E-state index in [1.165, 1.54) is 20.0 Å². The van der Waals surface area contributed by atoms with Crippen molar-refractivity contribution in [2.45, 2.75) is 38.2 Å². The van der Waals surface area contributed by atoms with Gasteiger partial charge in [0.25, 0.3) is 0 Å². The van der Waals surface area contributed by atoms with Crippen LogP contribution < -0.4 is 14.4 Å². The van der Waals surface area contributed by atoms with Crippen LogP contribution in [-0.4, -0.2) is 53.5 Å². The zero-order chi connectivity index (χ0) is 19.0. The normalized spacial score (nSPS) is 15.0. The molecule has 146 valence electrons. The van der Waals surface area contributed by atoms with Crippen LogP contribution >= 0.6 is 0 Å². The third-order valence-corrected chi connectivity index (χ3v) is 5.47. The second-order valence-electron chi connectivity index (χ2n) is 6.45. The highest BCUT2D eigenvalue weighted by Gasteiger charge is 2.21. The van der Waals surface area contributed by atoms with Crippen molar-refractivity contribution in [3.63, 3.8) is 0 Å². The molecule has 1 amide bonds. The Balaban J connectivity index is 1.82. The summed E-state index contributed by atoms with van der Waals surface area (Å²) < 4.78 is 36.1. The van der Waals surface area contributed by atoms with Gasteiger partial charge in [-0.3, -0.25) is 9.10 Å². The van der Waals surface area contributed by atoms with Crippen LogP contribution in [0, 0.1) is 0 Å². The lowest BCUT2D eigenvalue weighted by molar-refractivity contribution is -0.119. The molecule has 1 saturated carbocycles. The van der Waals surface area contributed by atoms with Crippen molar-refractivity contribution in [2.24, 2.45) is 0 Å². The first-order valence-electron chi connectivity index (χ1n) is 8.90. The summed E-state index contributed by atoms with van der Waals surface area (Å²) in [6, 6.07) is 6.62. The van der Waals surface area contributed by atoms with Crippen molar-refractivity contribution < 1.29 is 22.7 Å². The summed E-state index contributed by atoms with van der Waals surface area (Å²) in [6.07, 6.45) is 6.85. The maximum Gasteiger partial charge on any atom is 0.240 e. The van der Waals surface area contributed by atoms with Gasteiger partial charge in [0.05, 0.1) is 25.2 Å². The smallest absolute Gasteiger partial charge is 0.240 e. The minimum absolute atomic E-state index is 0.268. The summed E-state index contributed by atoms with van der Waals surface area (Å²) in [5.74, 6) is 0.180. The highest BCUT2D eigenvalue weighted by Crippen LogP contribution is 2.23. The number of anilines is 1. The van der Waals surface area contributed by atoms with Crippen molar-refractivity contribution in [2.75, 3.05) is 37.4 Å². The van der Waals surface area contributed by atoms with E-state index in [-0.39, 0.29) is 12.5 Å². The molecule has 8 heteroatoms. The molecule has 0 unspecified atom stereocenters. The monoisotopic (exact) mass is 384 g/mol. The first kappa shape index (κ1) is 20.5. The molecule has 1 aromatic carbocycles. The number of benzene rings is 1. The number of hydrogen-bond acceptors (Lipinski definition) is 5. The summed E-state index contributed by atoms with van der Waals surface area (Å²) in [4.78, 5) is 12.2. The molecule has 0 aliphatic heterocycles. The number of hydrogen-bond donors (Lipinski definition) is 1. The Morgan fingerprint density at radius 3 is 2.69 bits per heavy atom. The quantitative estimate of drug-likeness (QED) is 0.623. The van der Waals surface area contributed by atoms with Crippen LogP contribution in [0.5, 0.6) is 5.75 Å². The standard InChI is InChI=1S/C18H28N2O5S/c1-24-17-10-5-7-15(13-17)20(26(2,22)23)14-18(21)19-11-6-12-25-16-8-3-4-9-16/h5,7,10,13,16H,3-4,6,8-9,11-12,14H2,1-2H3,(H,19,21). The van der Waals surface area contributed by atoms with Gasteiger partial charge in [0.2, 0.25) is 15.9 Å². The molecule has 0 saturated heterocycles. The van der Waals surface area contributed by atoms with Gasteiger partial charge >= 0.3 is 0 Å². The summed E-state index contributed by atoms with van der Waals surface area (Å²) in [7, 11) is -2.09. The molecule has 7 nitrogen and oxygen atoms in total. The number of carbonyl (C=O) groups excluding carboxylic acids is 1. The second kappa shape index (κ2) is 9.78. The fourth-order valence-corrected chi connectivity index (χ4v) is 3.81. The Kier molecular flexibility index (Phi) is 7.71. The third kappa shape index (κ3) is 6.49. The van der Waals surface area contributed by atoms with E-state index in [4.69, 9.17) is 9.47 Å². The van der Waals surface area contributed by atoms with E-state index >= 15 is 0 Å². The Hall–Kier alpha value is -1.80. The van der Waals surface area contributed by atoms with Gasteiger partial charge in [0, 0.05) is 19.2 Å². The fraction of sp³-hybridized carbons (Fsp3) is 0.611. The molecule has 26 heavy (non-hydrogen) atoms. The molecule has 1 aliphatic carbocycles. The van der Waals surface area contributed by atoms with Gasteiger partial charge in [0.15, 0.2) is 0 Å². The van der Waals surface area contributed by atoms with Gasteiger partial charge in [0.1, 0.15) is 12.3 Å². The number of nitrogens with zero attached hydrogens (tertiary/aromatic N) is 1. The molecule has 1 fully saturated rings. The highest BCUT2D eigenvalue weighted by molar-refractivity contribution is 7.92. The summed E-state index contributed by atoms with van der Waals surface area (Å²) in [5.41, 5.74) is 0.395. The molecule has 0 heterocycles. The molecule has 1 aromatic rings. The zero-order valence-electron chi connectivity index (χ0n) is 15.4. The second-order valence-corrected chi connectivity index (χ2v) is 8.36. The van der Waals surface area contributed by atoms with Crippen LogP contribution in [-0.2, 0) is 19.6 Å². The molecule has 1 N–H and O–H groups in total. The Bertz CT molecular complexity index is 687. The van der Waals surface area contributed by atoms with Gasteiger partial charge in [-0.1, -0.05) is 18.9 Å². The molecular formula is C18H28N2O5S. The molecule has 2 rings (SSSR count). The van der Waals surface area contributed by atoms with Gasteiger partial charge in [-0.25, -0.2) is 8.42 Å². The number of ether oxygens (including phenoxy) is 2. The highest BCUT2D eigenvalue weighted by atomic mass is 32.2. The lowest BCUT2D eigenvalue weighted by Crippen LogP contribution is -2.40. The number of amides is 1. The minimum Gasteiger partial charge on any atom is -0.497 e. The lowest BCUT2D eigenvalue weighted by Gasteiger charge is -2.22. The van der Waals surface area contributed by atoms with Crippen LogP contribution in [0.15, 0.2) is 24.3 Å². The molecule has 0 bridgehead atoms. The van der Waals surface area contributed by atoms with E-state index in [9.17, 15) is 13.2 Å². The number of sulfonamides is 1. The van der Waals surface area contributed by atoms with E-state index in [0.717, 1.165) is 23.4 Å². The minimum atomic E-state index is -3.59. The van der Waals surface area contributed by atoms with Crippen LogP contribution in [0.1, 0.15) is 32.1 Å². The molecule has 0 aromatic heterocycles. The third-order valence-electron chi connectivity index (χ3n) is 4.33. The van der Waals surface area contributed by atoms with E-state index in [1.807, 2.05) is 0 Å². The van der Waals surface area contributed by atoms with Crippen molar-refractivity contribution >= 4 is 21.6 Å². The number of methoxy groups -OCH3 is 1. The Labute approximate surface area is 155 Å². The van der Waals surface area contributed by atoms with Crippen molar-refractivity contribution in [1.82, 2.24) is 5.32 Å². The average molecular weight is 384 g/mol. The predicted molar refractivity (Wildman–Crippen MR) is 101 cm³/mol. The fourth-order valence-electron chi connectivity index (χ4n) is 2.96. The van der Waals surface area contributed by atoms with Crippen LogP contribution in [0.25, 0.3) is 0 Å². The number of rotatable bonds is 10. The van der Waals surface area contributed by atoms with Crippen LogP contribution in [0.3, 0.4) is 0 Å². The van der Waals surface area contributed by atoms with E-state index in [1.54, 1.807) is 24.3 Å². The SMILES string of the molecule is COc1cccc(N(CC(=O)NCCCOC2CCCC2)S(C)(=O)=O)c1. The molecule has 0 atom stereocenters. The van der Waals surface area contributed by atoms with Gasteiger partial charge in [-0.05, 0) is 31.4 Å². The van der Waals surface area contributed by atoms with Crippen LogP contribution in [0.2, 0.25) is 0 Å². The number of carbonyl (C=O) groups is 1. The van der Waals surface area contributed by atoms with Crippen molar-refractivity contribution in [3.8, 4) is 5.75 Å². The first-order valence-corrected chi connectivity index (χ1v) is 10.7. The first-order chi connectivity index (χ1) is 12.4. The maximum absolute atomic E-state index is 12.2. The van der Waals surface area contributed by atoms with Crippen molar-refractivity contribution in [3.05, 3.63) is 24.3 Å². The Morgan fingerprint density at radius 2 is 2.04 bits per heavy atom. The molecule has 0 radical (unpaired) electrons. The van der Waals surface area contributed by atoms with Crippen molar-refractivity contribution in [1.29, 1.82) is 0 Å². The average Bonchev–Trinajstić information content (AvgIpc) is 3.12. The zero-order valence-corrected chi connectivity index (χ0v) is 16.3. The maximum atomic E-state index is 12.2. The molecule has 1 aliphatic rings. The number of nitrogens with one attached hydrogen (secondary N) is 1. The van der Waals surface area contributed by atoms with Crippen LogP contribution in [0.4, 0.5) is 5.69 Å². The summed E-state index contributed by atoms with van der Waals surface area (Å²) >= 11 is 0. The lowest BCUT2D eigenvalue weighted by atomic mass is 10.3. The summed E-state index contributed by atoms with van der Waals surface area (Å²) in [5, 5.41) is 2.75. The van der Waals surface area contributed by atoms with E-state index < -0.39 is 10.0 Å². The van der Waals surface area contributed by atoms with E-state index in [0.29, 0.717) is 37.1 Å². The van der Waals surface area contributed by atoms with Gasteiger partial charge < -0.3 is 14.8 Å². The molecular weight excluding hydrogens is 356 g/mol. The topological polar surface area (TPSA) is 84.9 Å².